The standard InChI is InChI=1S/C47H60N6O9/c1-41(2,49-30-54)32-17-14-19-34(23-32)43(5,6)51-38(56)59-26-47(13,27-60-39(57)52-44(7,8)35-20-15-18-33(24-35)42(3,4)50-31-55)28-61-40(58)53-45(9,10)36-21-16-22-37(25-36)46(11,12)62-29-48/h14-25H,26-28H2,1-13H3,(H,51,56)(H,52,57)(H,53,58). The fourth-order valence-electron chi connectivity index (χ4n) is 6.32. The molecule has 0 saturated carbocycles. The molecular weight excluding hydrogens is 793 g/mol. The van der Waals surface area contributed by atoms with E-state index in [0.717, 1.165) is 16.7 Å². The molecule has 3 aromatic carbocycles. The molecule has 3 amide bonds. The number of hydrogen-bond donors (Lipinski definition) is 3. The Labute approximate surface area is 364 Å². The molecule has 0 atom stereocenters. The first kappa shape index (κ1) is 49.9. The van der Waals surface area contributed by atoms with Gasteiger partial charge in [0.25, 0.3) is 6.26 Å². The van der Waals surface area contributed by atoms with Crippen LogP contribution in [0.4, 0.5) is 14.4 Å². The van der Waals surface area contributed by atoms with Crippen LogP contribution in [0.1, 0.15) is 123 Å². The number of carbonyl (C=O) groups excluding carboxylic acids is 5. The summed E-state index contributed by atoms with van der Waals surface area (Å²) in [4.78, 5) is 70.1. The van der Waals surface area contributed by atoms with Crippen LogP contribution in [0.15, 0.2) is 82.8 Å². The number of aliphatic imine (C=N–C) groups is 2. The van der Waals surface area contributed by atoms with Crippen molar-refractivity contribution in [3.05, 3.63) is 106 Å². The van der Waals surface area contributed by atoms with Crippen molar-refractivity contribution in [2.75, 3.05) is 19.8 Å². The van der Waals surface area contributed by atoms with Crippen LogP contribution in [0, 0.1) is 16.9 Å². The van der Waals surface area contributed by atoms with Crippen LogP contribution in [0.25, 0.3) is 0 Å². The summed E-state index contributed by atoms with van der Waals surface area (Å²) < 4.78 is 22.4. The Balaban J connectivity index is 1.82. The van der Waals surface area contributed by atoms with Gasteiger partial charge in [-0.3, -0.25) is 0 Å². The molecule has 0 unspecified atom stereocenters. The van der Waals surface area contributed by atoms with E-state index in [2.05, 4.69) is 25.9 Å². The Morgan fingerprint density at radius 2 is 0.806 bits per heavy atom. The van der Waals surface area contributed by atoms with E-state index in [1.165, 1.54) is 0 Å². The van der Waals surface area contributed by atoms with Crippen molar-refractivity contribution in [2.24, 2.45) is 15.4 Å². The van der Waals surface area contributed by atoms with Gasteiger partial charge in [0, 0.05) is 0 Å². The Morgan fingerprint density at radius 3 is 1.11 bits per heavy atom. The van der Waals surface area contributed by atoms with Crippen LogP contribution in [-0.2, 0) is 61.8 Å². The zero-order valence-corrected chi connectivity index (χ0v) is 38.1. The number of rotatable bonds is 18. The van der Waals surface area contributed by atoms with Crippen molar-refractivity contribution < 1.29 is 42.9 Å². The maximum absolute atomic E-state index is 13.4. The molecule has 0 radical (unpaired) electrons. The topological polar surface area (TPSA) is 207 Å². The summed E-state index contributed by atoms with van der Waals surface area (Å²) in [5, 5.41) is 17.7. The van der Waals surface area contributed by atoms with Gasteiger partial charge in [0.1, 0.15) is 25.4 Å². The summed E-state index contributed by atoms with van der Waals surface area (Å²) in [6.45, 7) is 21.9. The van der Waals surface area contributed by atoms with Crippen molar-refractivity contribution in [2.45, 2.75) is 123 Å². The molecule has 332 valence electrons. The van der Waals surface area contributed by atoms with Crippen LogP contribution in [0.2, 0.25) is 0 Å². The zero-order valence-electron chi connectivity index (χ0n) is 38.1. The molecule has 0 aliphatic carbocycles. The zero-order chi connectivity index (χ0) is 46.8. The van der Waals surface area contributed by atoms with Gasteiger partial charge in [-0.1, -0.05) is 66.7 Å². The summed E-state index contributed by atoms with van der Waals surface area (Å²) in [7, 11) is 0. The number of benzene rings is 3. The quantitative estimate of drug-likeness (QED) is 0.0479. The average molecular weight is 853 g/mol. The molecular formula is C47H60N6O9. The number of carbonyl (C=O) groups is 3. The van der Waals surface area contributed by atoms with Crippen molar-refractivity contribution in [3.63, 3.8) is 0 Å². The molecule has 0 spiro atoms. The molecule has 3 aromatic rings. The van der Waals surface area contributed by atoms with Gasteiger partial charge in [-0.15, -0.1) is 0 Å². The summed E-state index contributed by atoms with van der Waals surface area (Å²) in [5.41, 5.74) is -2.38. The molecule has 0 bridgehead atoms. The van der Waals surface area contributed by atoms with Crippen LogP contribution in [-0.4, -0.2) is 50.3 Å². The second-order valence-electron chi connectivity index (χ2n) is 18.8. The largest absolute Gasteiger partial charge is 0.449 e. The Hall–Kier alpha value is -6.48. The van der Waals surface area contributed by atoms with Gasteiger partial charge in [-0.2, -0.15) is 15.2 Å². The van der Waals surface area contributed by atoms with Crippen molar-refractivity contribution >= 4 is 30.4 Å². The third kappa shape index (κ3) is 13.5. The average Bonchev–Trinajstić information content (AvgIpc) is 3.18. The minimum atomic E-state index is -1.25. The highest BCUT2D eigenvalue weighted by Crippen LogP contribution is 2.32. The highest BCUT2D eigenvalue weighted by atomic mass is 16.6. The van der Waals surface area contributed by atoms with Gasteiger partial charge in [0.05, 0.1) is 33.1 Å². The van der Waals surface area contributed by atoms with Gasteiger partial charge in [0.15, 0.2) is 0 Å². The fourth-order valence-corrected chi connectivity index (χ4v) is 6.32. The smallest absolute Gasteiger partial charge is 0.407 e. The third-order valence-electron chi connectivity index (χ3n) is 10.7. The Bertz CT molecular complexity index is 2140. The second-order valence-corrected chi connectivity index (χ2v) is 18.8. The number of amides is 3. The molecule has 0 saturated heterocycles. The SMILES string of the molecule is CC(COC(=O)NC(C)(C)c1cccc(C(C)(C)N=C=O)c1)(COC(=O)NC(C)(C)c1cccc(C(C)(C)N=C=O)c1)COC(=O)NC(C)(C)c1cccc(C(C)(C)OC#N)c1. The van der Waals surface area contributed by atoms with Crippen LogP contribution in [0.5, 0.6) is 0 Å². The molecule has 62 heavy (non-hydrogen) atoms. The first-order valence-electron chi connectivity index (χ1n) is 20.1. The predicted molar refractivity (Wildman–Crippen MR) is 232 cm³/mol. The molecule has 0 aromatic heterocycles. The molecule has 0 aliphatic rings. The maximum atomic E-state index is 13.4. The van der Waals surface area contributed by atoms with Gasteiger partial charge in [-0.25, -0.2) is 24.0 Å². The monoisotopic (exact) mass is 852 g/mol. The van der Waals surface area contributed by atoms with Gasteiger partial charge in [-0.05, 0) is 129 Å². The Morgan fingerprint density at radius 1 is 0.516 bits per heavy atom. The number of nitrogens with zero attached hydrogens (tertiary/aromatic N) is 3. The lowest BCUT2D eigenvalue weighted by molar-refractivity contribution is -0.00793. The lowest BCUT2D eigenvalue weighted by Gasteiger charge is -2.33. The molecule has 3 rings (SSSR count). The summed E-state index contributed by atoms with van der Waals surface area (Å²) in [6.07, 6.45) is 2.57. The summed E-state index contributed by atoms with van der Waals surface area (Å²) >= 11 is 0. The summed E-state index contributed by atoms with van der Waals surface area (Å²) in [6, 6.07) is 21.8. The van der Waals surface area contributed by atoms with E-state index in [4.69, 9.17) is 24.2 Å². The van der Waals surface area contributed by atoms with E-state index in [0.29, 0.717) is 16.7 Å². The second kappa shape index (κ2) is 19.5. The van der Waals surface area contributed by atoms with Gasteiger partial charge >= 0.3 is 18.3 Å². The van der Waals surface area contributed by atoms with Crippen LogP contribution >= 0.6 is 0 Å². The third-order valence-corrected chi connectivity index (χ3v) is 10.7. The number of alkyl carbamates (subject to hydrolysis) is 3. The number of ether oxygens (including phenoxy) is 4. The lowest BCUT2D eigenvalue weighted by atomic mass is 9.88. The van der Waals surface area contributed by atoms with Gasteiger partial charge < -0.3 is 34.9 Å². The molecule has 15 heteroatoms. The predicted octanol–water partition coefficient (Wildman–Crippen LogP) is 8.85. The minimum Gasteiger partial charge on any atom is -0.449 e. The van der Waals surface area contributed by atoms with E-state index in [9.17, 15) is 24.0 Å². The number of hydrogen-bond acceptors (Lipinski definition) is 12. The first-order chi connectivity index (χ1) is 28.6. The first-order valence-corrected chi connectivity index (χ1v) is 20.1. The van der Waals surface area contributed by atoms with E-state index < -0.39 is 57.0 Å². The fraction of sp³-hybridized carbons (Fsp3) is 0.489. The maximum Gasteiger partial charge on any atom is 0.407 e. The van der Waals surface area contributed by atoms with Crippen LogP contribution in [0.3, 0.4) is 0 Å². The number of nitrogens with one attached hydrogen (secondary N) is 3. The molecule has 3 N–H and O–H groups in total. The molecule has 0 fully saturated rings. The van der Waals surface area contributed by atoms with E-state index >= 15 is 0 Å². The highest BCUT2D eigenvalue weighted by molar-refractivity contribution is 5.70. The molecule has 15 nitrogen and oxygen atoms in total. The highest BCUT2D eigenvalue weighted by Gasteiger charge is 2.35. The van der Waals surface area contributed by atoms with Gasteiger partial charge in [0.2, 0.25) is 12.2 Å². The summed E-state index contributed by atoms with van der Waals surface area (Å²) in [5.74, 6) is 0. The van der Waals surface area contributed by atoms with E-state index in [-0.39, 0.29) is 19.8 Å². The number of isocyanates is 2. The van der Waals surface area contributed by atoms with Crippen molar-refractivity contribution in [3.8, 4) is 6.26 Å². The normalized spacial score (nSPS) is 13.1. The number of nitriles is 1. The Kier molecular flexibility index (Phi) is 15.7. The van der Waals surface area contributed by atoms with Crippen molar-refractivity contribution in [1.29, 1.82) is 5.26 Å². The molecule has 0 heterocycles. The minimum absolute atomic E-state index is 0.339. The van der Waals surface area contributed by atoms with Crippen LogP contribution < -0.4 is 16.0 Å². The lowest BCUT2D eigenvalue weighted by Crippen LogP contribution is -2.47. The molecule has 0 aliphatic heterocycles. The van der Waals surface area contributed by atoms with E-state index in [1.54, 1.807) is 127 Å². The van der Waals surface area contributed by atoms with Crippen molar-refractivity contribution in [1.82, 2.24) is 16.0 Å². The van der Waals surface area contributed by atoms with E-state index in [1.807, 2.05) is 54.6 Å².